The summed E-state index contributed by atoms with van der Waals surface area (Å²) in [5.41, 5.74) is 0.580. The molecule has 6 heteroatoms. The number of carboxylic acids is 1. The zero-order valence-electron chi connectivity index (χ0n) is 11.0. The standard InChI is InChI=1S/C13H18O5S/c1-10(7-8-18-2)19(16,17)12-5-3-11(4-6-12)9-13(14)15/h3-6,10H,7-9H2,1-2H3,(H,14,15). The van der Waals surface area contributed by atoms with Gasteiger partial charge in [0, 0.05) is 13.7 Å². The van der Waals surface area contributed by atoms with Crippen molar-refractivity contribution in [2.24, 2.45) is 0 Å². The summed E-state index contributed by atoms with van der Waals surface area (Å²) in [5.74, 6) is -0.941. The van der Waals surface area contributed by atoms with Gasteiger partial charge in [0.15, 0.2) is 9.84 Å². The van der Waals surface area contributed by atoms with Gasteiger partial charge in [-0.1, -0.05) is 12.1 Å². The van der Waals surface area contributed by atoms with Crippen LogP contribution >= 0.6 is 0 Å². The third kappa shape index (κ3) is 4.33. The molecule has 0 amide bonds. The fraction of sp³-hybridized carbons (Fsp3) is 0.462. The molecule has 1 aromatic carbocycles. The van der Waals surface area contributed by atoms with Gasteiger partial charge < -0.3 is 9.84 Å². The van der Waals surface area contributed by atoms with Gasteiger partial charge in [0.2, 0.25) is 0 Å². The maximum atomic E-state index is 12.2. The molecule has 0 heterocycles. The molecule has 0 saturated heterocycles. The Morgan fingerprint density at radius 1 is 1.32 bits per heavy atom. The van der Waals surface area contributed by atoms with Crippen molar-refractivity contribution < 1.29 is 23.1 Å². The lowest BCUT2D eigenvalue weighted by molar-refractivity contribution is -0.136. The minimum atomic E-state index is -3.38. The number of carboxylic acid groups (broad SMARTS) is 1. The van der Waals surface area contributed by atoms with Crippen LogP contribution in [-0.2, 0) is 25.8 Å². The van der Waals surface area contributed by atoms with Gasteiger partial charge in [0.05, 0.1) is 16.6 Å². The Kier molecular flexibility index (Phi) is 5.50. The predicted octanol–water partition coefficient (Wildman–Crippen LogP) is 1.51. The SMILES string of the molecule is COCCC(C)S(=O)(=O)c1ccc(CC(=O)O)cc1. The molecule has 106 valence electrons. The van der Waals surface area contributed by atoms with E-state index in [0.717, 1.165) is 0 Å². The van der Waals surface area contributed by atoms with E-state index in [1.807, 2.05) is 0 Å². The quantitative estimate of drug-likeness (QED) is 0.821. The number of ether oxygens (including phenoxy) is 1. The van der Waals surface area contributed by atoms with E-state index in [1.54, 1.807) is 6.92 Å². The summed E-state index contributed by atoms with van der Waals surface area (Å²) in [6.45, 7) is 2.02. The van der Waals surface area contributed by atoms with Crippen molar-refractivity contribution in [2.45, 2.75) is 29.9 Å². The average molecular weight is 286 g/mol. The molecule has 0 aliphatic heterocycles. The molecule has 0 bridgehead atoms. The van der Waals surface area contributed by atoms with Gasteiger partial charge in [0.25, 0.3) is 0 Å². The van der Waals surface area contributed by atoms with Crippen molar-refractivity contribution >= 4 is 15.8 Å². The van der Waals surface area contributed by atoms with Crippen LogP contribution in [0.4, 0.5) is 0 Å². The van der Waals surface area contributed by atoms with Crippen molar-refractivity contribution in [1.82, 2.24) is 0 Å². The van der Waals surface area contributed by atoms with Gasteiger partial charge >= 0.3 is 5.97 Å². The molecule has 1 N–H and O–H groups in total. The van der Waals surface area contributed by atoms with Crippen LogP contribution in [0.5, 0.6) is 0 Å². The number of carbonyl (C=O) groups is 1. The van der Waals surface area contributed by atoms with Crippen molar-refractivity contribution in [3.8, 4) is 0 Å². The molecule has 0 spiro atoms. The number of aliphatic carboxylic acids is 1. The van der Waals surface area contributed by atoms with Gasteiger partial charge in [0.1, 0.15) is 0 Å². The Hall–Kier alpha value is -1.40. The zero-order valence-corrected chi connectivity index (χ0v) is 11.8. The van der Waals surface area contributed by atoms with Crippen molar-refractivity contribution in [2.75, 3.05) is 13.7 Å². The summed E-state index contributed by atoms with van der Waals surface area (Å²) in [5, 5.41) is 8.12. The van der Waals surface area contributed by atoms with Crippen LogP contribution in [-0.4, -0.2) is 38.5 Å². The third-order valence-corrected chi connectivity index (χ3v) is 5.09. The highest BCUT2D eigenvalue weighted by atomic mass is 32.2. The van der Waals surface area contributed by atoms with E-state index in [4.69, 9.17) is 9.84 Å². The second-order valence-electron chi connectivity index (χ2n) is 4.35. The monoisotopic (exact) mass is 286 g/mol. The predicted molar refractivity (Wildman–Crippen MR) is 70.9 cm³/mol. The summed E-state index contributed by atoms with van der Waals surface area (Å²) in [6.07, 6.45) is 0.315. The smallest absolute Gasteiger partial charge is 0.307 e. The lowest BCUT2D eigenvalue weighted by Crippen LogP contribution is -2.19. The molecule has 0 aliphatic carbocycles. The average Bonchev–Trinajstić information content (AvgIpc) is 2.35. The first-order valence-corrected chi connectivity index (χ1v) is 7.46. The lowest BCUT2D eigenvalue weighted by atomic mass is 10.2. The van der Waals surface area contributed by atoms with Crippen LogP contribution in [0.2, 0.25) is 0 Å². The third-order valence-electron chi connectivity index (χ3n) is 2.87. The van der Waals surface area contributed by atoms with Gasteiger partial charge in [-0.3, -0.25) is 4.79 Å². The van der Waals surface area contributed by atoms with Crippen LogP contribution in [0.25, 0.3) is 0 Å². The molecule has 0 saturated carbocycles. The van der Waals surface area contributed by atoms with Crippen molar-refractivity contribution in [1.29, 1.82) is 0 Å². The minimum absolute atomic E-state index is 0.112. The van der Waals surface area contributed by atoms with E-state index in [0.29, 0.717) is 18.6 Å². The van der Waals surface area contributed by atoms with Gasteiger partial charge in [-0.2, -0.15) is 0 Å². The first-order valence-electron chi connectivity index (χ1n) is 5.91. The maximum absolute atomic E-state index is 12.2. The van der Waals surface area contributed by atoms with E-state index in [9.17, 15) is 13.2 Å². The van der Waals surface area contributed by atoms with E-state index in [-0.39, 0.29) is 11.3 Å². The van der Waals surface area contributed by atoms with E-state index < -0.39 is 21.1 Å². The molecule has 0 aromatic heterocycles. The molecule has 5 nitrogen and oxygen atoms in total. The van der Waals surface area contributed by atoms with E-state index >= 15 is 0 Å². The topological polar surface area (TPSA) is 80.7 Å². The second kappa shape index (κ2) is 6.68. The van der Waals surface area contributed by atoms with E-state index in [1.165, 1.54) is 31.4 Å². The molecule has 0 fully saturated rings. The Morgan fingerprint density at radius 2 is 1.89 bits per heavy atom. The highest BCUT2D eigenvalue weighted by Crippen LogP contribution is 2.19. The first kappa shape index (κ1) is 15.7. The summed E-state index contributed by atoms with van der Waals surface area (Å²) in [4.78, 5) is 10.8. The Morgan fingerprint density at radius 3 is 2.37 bits per heavy atom. The number of sulfone groups is 1. The van der Waals surface area contributed by atoms with Gasteiger partial charge in [-0.25, -0.2) is 8.42 Å². The fourth-order valence-electron chi connectivity index (χ4n) is 1.64. The highest BCUT2D eigenvalue weighted by Gasteiger charge is 2.22. The van der Waals surface area contributed by atoms with Crippen molar-refractivity contribution in [3.63, 3.8) is 0 Å². The minimum Gasteiger partial charge on any atom is -0.481 e. The molecule has 0 aliphatic rings. The van der Waals surface area contributed by atoms with Crippen LogP contribution in [0.1, 0.15) is 18.9 Å². The Bertz CT molecular complexity index is 518. The molecular weight excluding hydrogens is 268 g/mol. The maximum Gasteiger partial charge on any atom is 0.307 e. The summed E-state index contributed by atoms with van der Waals surface area (Å²) >= 11 is 0. The summed E-state index contributed by atoms with van der Waals surface area (Å²) < 4.78 is 29.3. The number of methoxy groups -OCH3 is 1. The van der Waals surface area contributed by atoms with Gasteiger partial charge in [-0.05, 0) is 31.0 Å². The molecule has 0 radical (unpaired) electrons. The van der Waals surface area contributed by atoms with Crippen LogP contribution < -0.4 is 0 Å². The van der Waals surface area contributed by atoms with Crippen LogP contribution in [0, 0.1) is 0 Å². The molecule has 1 unspecified atom stereocenters. The number of benzene rings is 1. The van der Waals surface area contributed by atoms with Gasteiger partial charge in [-0.15, -0.1) is 0 Å². The summed E-state index contributed by atoms with van der Waals surface area (Å²) in [7, 11) is -1.86. The van der Waals surface area contributed by atoms with Crippen molar-refractivity contribution in [3.05, 3.63) is 29.8 Å². The molecular formula is C13H18O5S. The van der Waals surface area contributed by atoms with Crippen LogP contribution in [0.3, 0.4) is 0 Å². The highest BCUT2D eigenvalue weighted by molar-refractivity contribution is 7.92. The number of rotatable bonds is 7. The Labute approximate surface area is 113 Å². The zero-order chi connectivity index (χ0) is 14.5. The van der Waals surface area contributed by atoms with Crippen LogP contribution in [0.15, 0.2) is 29.2 Å². The first-order chi connectivity index (χ1) is 8.87. The normalized spacial score (nSPS) is 13.2. The molecule has 19 heavy (non-hydrogen) atoms. The lowest BCUT2D eigenvalue weighted by Gasteiger charge is -2.12. The van der Waals surface area contributed by atoms with E-state index in [2.05, 4.69) is 0 Å². The number of hydrogen-bond acceptors (Lipinski definition) is 4. The summed E-state index contributed by atoms with van der Waals surface area (Å²) in [6, 6.07) is 5.97. The number of hydrogen-bond donors (Lipinski definition) is 1. The Balaban J connectivity index is 2.87. The largest absolute Gasteiger partial charge is 0.481 e. The fourth-order valence-corrected chi connectivity index (χ4v) is 3.03. The molecule has 1 atom stereocenters. The molecule has 1 rings (SSSR count). The second-order valence-corrected chi connectivity index (χ2v) is 6.72. The molecule has 1 aromatic rings.